The molecule has 0 atom stereocenters. The summed E-state index contributed by atoms with van der Waals surface area (Å²) in [6.45, 7) is 1.66. The first-order valence-electron chi connectivity index (χ1n) is 6.44. The molecule has 22 heavy (non-hydrogen) atoms. The minimum Gasteiger partial charge on any atom is -0.322 e. The first kappa shape index (κ1) is 16.1. The first-order chi connectivity index (χ1) is 10.3. The van der Waals surface area contributed by atoms with E-state index in [-0.39, 0.29) is 10.5 Å². The zero-order chi connectivity index (χ0) is 16.3. The van der Waals surface area contributed by atoms with Gasteiger partial charge in [0.2, 0.25) is 10.0 Å². The Morgan fingerprint density at radius 2 is 1.73 bits per heavy atom. The zero-order valence-electron chi connectivity index (χ0n) is 12.1. The van der Waals surface area contributed by atoms with E-state index in [9.17, 15) is 17.6 Å². The van der Waals surface area contributed by atoms with Crippen LogP contribution in [-0.4, -0.2) is 21.4 Å². The van der Waals surface area contributed by atoms with Gasteiger partial charge >= 0.3 is 0 Å². The highest BCUT2D eigenvalue weighted by atomic mass is 32.2. The van der Waals surface area contributed by atoms with Crippen LogP contribution in [0.2, 0.25) is 0 Å². The van der Waals surface area contributed by atoms with Gasteiger partial charge in [-0.25, -0.2) is 17.5 Å². The molecule has 0 saturated heterocycles. The summed E-state index contributed by atoms with van der Waals surface area (Å²) in [4.78, 5) is 12.1. The number of benzene rings is 2. The average Bonchev–Trinajstić information content (AvgIpc) is 2.49. The van der Waals surface area contributed by atoms with E-state index in [1.807, 2.05) is 0 Å². The van der Waals surface area contributed by atoms with Crippen molar-refractivity contribution in [2.45, 2.75) is 11.8 Å². The summed E-state index contributed by atoms with van der Waals surface area (Å²) in [6, 6.07) is 9.65. The van der Waals surface area contributed by atoms with Crippen LogP contribution in [0.5, 0.6) is 0 Å². The molecule has 1 amide bonds. The summed E-state index contributed by atoms with van der Waals surface area (Å²) in [5.41, 5.74) is 1.18. The Kier molecular flexibility index (Phi) is 4.58. The zero-order valence-corrected chi connectivity index (χ0v) is 12.9. The number of hydrogen-bond donors (Lipinski definition) is 2. The van der Waals surface area contributed by atoms with Crippen LogP contribution in [0.25, 0.3) is 0 Å². The number of nitrogens with one attached hydrogen (secondary N) is 2. The van der Waals surface area contributed by atoms with Crippen molar-refractivity contribution in [1.82, 2.24) is 4.72 Å². The summed E-state index contributed by atoms with van der Waals surface area (Å²) >= 11 is 0. The molecule has 2 rings (SSSR count). The maximum absolute atomic E-state index is 12.8. The summed E-state index contributed by atoms with van der Waals surface area (Å²) in [7, 11) is -2.29. The van der Waals surface area contributed by atoms with E-state index >= 15 is 0 Å². The molecule has 7 heteroatoms. The van der Waals surface area contributed by atoms with Crippen LogP contribution in [0.15, 0.2) is 47.4 Å². The van der Waals surface area contributed by atoms with Crippen LogP contribution in [-0.2, 0) is 10.0 Å². The molecule has 0 radical (unpaired) electrons. The maximum Gasteiger partial charge on any atom is 0.255 e. The van der Waals surface area contributed by atoms with Crippen molar-refractivity contribution < 1.29 is 17.6 Å². The van der Waals surface area contributed by atoms with Gasteiger partial charge in [-0.05, 0) is 55.9 Å². The van der Waals surface area contributed by atoms with Crippen molar-refractivity contribution in [3.63, 3.8) is 0 Å². The lowest BCUT2D eigenvalue weighted by molar-refractivity contribution is 0.102. The number of sulfonamides is 1. The van der Waals surface area contributed by atoms with Gasteiger partial charge in [0.25, 0.3) is 5.91 Å². The van der Waals surface area contributed by atoms with Crippen LogP contribution in [0.3, 0.4) is 0 Å². The fourth-order valence-electron chi connectivity index (χ4n) is 1.88. The normalized spacial score (nSPS) is 11.2. The largest absolute Gasteiger partial charge is 0.322 e. The molecule has 2 aromatic carbocycles. The lowest BCUT2D eigenvalue weighted by Gasteiger charge is -2.10. The Morgan fingerprint density at radius 1 is 1.09 bits per heavy atom. The molecule has 0 aliphatic carbocycles. The van der Waals surface area contributed by atoms with Gasteiger partial charge in [-0.1, -0.05) is 6.07 Å². The number of aryl methyl sites for hydroxylation is 1. The predicted octanol–water partition coefficient (Wildman–Crippen LogP) is 2.29. The fraction of sp³-hybridized carbons (Fsp3) is 0.133. The molecule has 0 aromatic heterocycles. The Hall–Kier alpha value is -2.25. The van der Waals surface area contributed by atoms with E-state index < -0.39 is 21.7 Å². The van der Waals surface area contributed by atoms with Crippen LogP contribution in [0.1, 0.15) is 15.9 Å². The molecule has 2 aromatic rings. The summed E-state index contributed by atoms with van der Waals surface area (Å²) in [6.07, 6.45) is 0. The highest BCUT2D eigenvalue weighted by Crippen LogP contribution is 2.20. The highest BCUT2D eigenvalue weighted by molar-refractivity contribution is 7.89. The molecule has 0 unspecified atom stereocenters. The van der Waals surface area contributed by atoms with Crippen molar-refractivity contribution >= 4 is 21.6 Å². The van der Waals surface area contributed by atoms with Crippen molar-refractivity contribution in [3.05, 3.63) is 59.4 Å². The van der Waals surface area contributed by atoms with Gasteiger partial charge in [0.05, 0.1) is 4.90 Å². The molecule has 0 heterocycles. The molecule has 0 aliphatic rings. The van der Waals surface area contributed by atoms with Gasteiger partial charge in [0.1, 0.15) is 5.82 Å². The third-order valence-corrected chi connectivity index (χ3v) is 4.67. The average molecular weight is 322 g/mol. The molecular formula is C15H15FN2O3S. The Bertz CT molecular complexity index is 802. The minimum atomic E-state index is -3.61. The summed E-state index contributed by atoms with van der Waals surface area (Å²) in [5, 5.41) is 2.59. The number of carbonyl (C=O) groups is 1. The van der Waals surface area contributed by atoms with E-state index in [1.54, 1.807) is 19.1 Å². The second kappa shape index (κ2) is 6.25. The number of hydrogen-bond acceptors (Lipinski definition) is 3. The van der Waals surface area contributed by atoms with Gasteiger partial charge in [0, 0.05) is 11.3 Å². The van der Waals surface area contributed by atoms with E-state index in [1.165, 1.54) is 37.4 Å². The van der Waals surface area contributed by atoms with Crippen molar-refractivity contribution in [2.75, 3.05) is 12.4 Å². The van der Waals surface area contributed by atoms with Crippen LogP contribution < -0.4 is 10.0 Å². The number of halogens is 1. The molecule has 0 saturated carbocycles. The standard InChI is InChI=1S/C15H15FN2O3S/c1-10-3-8-13(9-14(10)22(20,21)17-2)18-15(19)11-4-6-12(16)7-5-11/h3-9,17H,1-2H3,(H,18,19). The number of amides is 1. The molecule has 0 bridgehead atoms. The summed E-state index contributed by atoms with van der Waals surface area (Å²) < 4.78 is 38.9. The minimum absolute atomic E-state index is 0.0897. The molecule has 0 fully saturated rings. The molecule has 0 spiro atoms. The van der Waals surface area contributed by atoms with E-state index in [2.05, 4.69) is 10.0 Å². The predicted molar refractivity (Wildman–Crippen MR) is 81.8 cm³/mol. The lowest BCUT2D eigenvalue weighted by Crippen LogP contribution is -2.20. The molecule has 116 valence electrons. The molecular weight excluding hydrogens is 307 g/mol. The van der Waals surface area contributed by atoms with Crippen molar-refractivity contribution in [1.29, 1.82) is 0 Å². The number of rotatable bonds is 4. The van der Waals surface area contributed by atoms with Gasteiger partial charge < -0.3 is 5.32 Å². The topological polar surface area (TPSA) is 75.3 Å². The summed E-state index contributed by atoms with van der Waals surface area (Å²) in [5.74, 6) is -0.883. The van der Waals surface area contributed by atoms with E-state index in [4.69, 9.17) is 0 Å². The fourth-order valence-corrected chi connectivity index (χ4v) is 2.88. The molecule has 2 N–H and O–H groups in total. The van der Waals surface area contributed by atoms with Gasteiger partial charge in [-0.15, -0.1) is 0 Å². The molecule has 0 aliphatic heterocycles. The highest BCUT2D eigenvalue weighted by Gasteiger charge is 2.16. The maximum atomic E-state index is 12.8. The van der Waals surface area contributed by atoms with Crippen LogP contribution >= 0.6 is 0 Å². The second-order valence-corrected chi connectivity index (χ2v) is 6.50. The molecule has 5 nitrogen and oxygen atoms in total. The van der Waals surface area contributed by atoms with E-state index in [0.29, 0.717) is 11.3 Å². The quantitative estimate of drug-likeness (QED) is 0.907. The van der Waals surface area contributed by atoms with Crippen molar-refractivity contribution in [2.24, 2.45) is 0 Å². The number of anilines is 1. The SMILES string of the molecule is CNS(=O)(=O)c1cc(NC(=O)c2ccc(F)cc2)ccc1C. The number of carbonyl (C=O) groups excluding carboxylic acids is 1. The lowest BCUT2D eigenvalue weighted by atomic mass is 10.2. The van der Waals surface area contributed by atoms with E-state index in [0.717, 1.165) is 0 Å². The first-order valence-corrected chi connectivity index (χ1v) is 7.93. The Morgan fingerprint density at radius 3 is 2.32 bits per heavy atom. The van der Waals surface area contributed by atoms with Gasteiger partial charge in [0.15, 0.2) is 0 Å². The van der Waals surface area contributed by atoms with Crippen molar-refractivity contribution in [3.8, 4) is 0 Å². The van der Waals surface area contributed by atoms with Crippen LogP contribution in [0, 0.1) is 12.7 Å². The Balaban J connectivity index is 2.29. The third-order valence-electron chi connectivity index (χ3n) is 3.11. The van der Waals surface area contributed by atoms with Crippen LogP contribution in [0.4, 0.5) is 10.1 Å². The smallest absolute Gasteiger partial charge is 0.255 e. The van der Waals surface area contributed by atoms with Gasteiger partial charge in [-0.3, -0.25) is 4.79 Å². The third kappa shape index (κ3) is 3.49. The Labute approximate surface area is 128 Å². The van der Waals surface area contributed by atoms with Gasteiger partial charge in [-0.2, -0.15) is 0 Å². The monoisotopic (exact) mass is 322 g/mol. The second-order valence-electron chi connectivity index (χ2n) is 4.65.